The molecule has 0 radical (unpaired) electrons. The van der Waals surface area contributed by atoms with Crippen LogP contribution in [0, 0.1) is 0 Å². The van der Waals surface area contributed by atoms with Crippen LogP contribution in [-0.4, -0.2) is 35.5 Å². The zero-order chi connectivity index (χ0) is 18.6. The van der Waals surface area contributed by atoms with Crippen molar-refractivity contribution in [2.75, 3.05) is 13.2 Å². The molecule has 0 aromatic rings. The van der Waals surface area contributed by atoms with Gasteiger partial charge in [0.25, 0.3) is 0 Å². The molecule has 0 fully saturated rings. The van der Waals surface area contributed by atoms with Crippen LogP contribution in [-0.2, 0) is 9.53 Å². The van der Waals surface area contributed by atoms with E-state index in [2.05, 4.69) is 19.1 Å². The summed E-state index contributed by atoms with van der Waals surface area (Å²) < 4.78 is 4.98. The van der Waals surface area contributed by atoms with Crippen molar-refractivity contribution >= 4 is 5.97 Å². The average molecular weight is 357 g/mol. The Balaban J connectivity index is 3.30. The fraction of sp³-hybridized carbons (Fsp3) is 0.857. The van der Waals surface area contributed by atoms with Gasteiger partial charge in [0.05, 0.1) is 12.7 Å². The largest absolute Gasteiger partial charge is 0.466 e. The van der Waals surface area contributed by atoms with E-state index in [4.69, 9.17) is 9.84 Å². The number of aliphatic hydroxyl groups is 2. The monoisotopic (exact) mass is 356 g/mol. The fourth-order valence-electron chi connectivity index (χ4n) is 2.68. The number of ether oxygens (including phenoxy) is 1. The van der Waals surface area contributed by atoms with E-state index in [-0.39, 0.29) is 18.7 Å². The lowest BCUT2D eigenvalue weighted by molar-refractivity contribution is -0.144. The first-order chi connectivity index (χ1) is 12.2. The smallest absolute Gasteiger partial charge is 0.305 e. The summed E-state index contributed by atoms with van der Waals surface area (Å²) in [6.07, 6.45) is 18.3. The molecule has 0 aliphatic heterocycles. The highest BCUT2D eigenvalue weighted by Crippen LogP contribution is 2.10. The van der Waals surface area contributed by atoms with Crippen LogP contribution in [0.2, 0.25) is 0 Å². The molecule has 148 valence electrons. The molecule has 25 heavy (non-hydrogen) atoms. The highest BCUT2D eigenvalue weighted by Gasteiger charge is 2.02. The number of hydrogen-bond donors (Lipinski definition) is 2. The van der Waals surface area contributed by atoms with E-state index in [0.717, 1.165) is 44.9 Å². The summed E-state index contributed by atoms with van der Waals surface area (Å²) in [6.45, 7) is 2.60. The number of hydrogen-bond acceptors (Lipinski definition) is 4. The molecule has 0 saturated heterocycles. The number of rotatable bonds is 18. The Kier molecular flexibility index (Phi) is 18.8. The van der Waals surface area contributed by atoms with E-state index in [1.54, 1.807) is 0 Å². The summed E-state index contributed by atoms with van der Waals surface area (Å²) in [5, 5.41) is 18.5. The van der Waals surface area contributed by atoms with Crippen LogP contribution in [0.3, 0.4) is 0 Å². The second kappa shape index (κ2) is 19.5. The highest BCUT2D eigenvalue weighted by molar-refractivity contribution is 5.69. The molecule has 0 aromatic carbocycles. The Hall–Kier alpha value is -0.870. The molecule has 0 spiro atoms. The van der Waals surface area contributed by atoms with E-state index in [1.165, 1.54) is 32.1 Å². The Morgan fingerprint density at radius 3 is 2.44 bits per heavy atom. The minimum Gasteiger partial charge on any atom is -0.466 e. The fourth-order valence-corrected chi connectivity index (χ4v) is 2.68. The molecule has 4 nitrogen and oxygen atoms in total. The van der Waals surface area contributed by atoms with Crippen LogP contribution in [0.25, 0.3) is 0 Å². The lowest BCUT2D eigenvalue weighted by Crippen LogP contribution is -2.06. The Labute approximate surface area is 154 Å². The first-order valence-electron chi connectivity index (χ1n) is 10.3. The summed E-state index contributed by atoms with van der Waals surface area (Å²) in [7, 11) is 0. The molecule has 0 rings (SSSR count). The van der Waals surface area contributed by atoms with Crippen molar-refractivity contribution in [2.45, 2.75) is 103 Å². The van der Waals surface area contributed by atoms with Gasteiger partial charge in [0.1, 0.15) is 0 Å². The molecule has 2 N–H and O–H groups in total. The quantitative estimate of drug-likeness (QED) is 0.208. The summed E-state index contributed by atoms with van der Waals surface area (Å²) >= 11 is 0. The Morgan fingerprint density at radius 2 is 1.68 bits per heavy atom. The molecular weight excluding hydrogens is 316 g/mol. The van der Waals surface area contributed by atoms with E-state index < -0.39 is 0 Å². The van der Waals surface area contributed by atoms with Crippen molar-refractivity contribution in [2.24, 2.45) is 0 Å². The topological polar surface area (TPSA) is 66.8 Å². The molecule has 0 aliphatic rings. The van der Waals surface area contributed by atoms with Gasteiger partial charge >= 0.3 is 5.97 Å². The van der Waals surface area contributed by atoms with Crippen molar-refractivity contribution in [3.05, 3.63) is 12.2 Å². The van der Waals surface area contributed by atoms with Gasteiger partial charge in [-0.05, 0) is 32.1 Å². The van der Waals surface area contributed by atoms with Gasteiger partial charge in [-0.3, -0.25) is 4.79 Å². The van der Waals surface area contributed by atoms with Crippen LogP contribution < -0.4 is 0 Å². The standard InChI is InChI=1S/C21H40O4/c1-2-3-4-11-15-20(23)16-12-9-7-5-6-8-10-13-17-21(24)25-19-14-18-22/h9,12,20,22-23H,2-8,10-11,13-19H2,1H3/b12-9+. The molecule has 0 aromatic heterocycles. The van der Waals surface area contributed by atoms with Gasteiger partial charge in [0.15, 0.2) is 0 Å². The molecular formula is C21H40O4. The predicted octanol–water partition coefficient (Wildman–Crippen LogP) is 4.92. The number of carbonyl (C=O) groups excluding carboxylic acids is 1. The summed E-state index contributed by atoms with van der Waals surface area (Å²) in [5.74, 6) is -0.148. The summed E-state index contributed by atoms with van der Waals surface area (Å²) in [5.41, 5.74) is 0. The second-order valence-electron chi connectivity index (χ2n) is 6.81. The van der Waals surface area contributed by atoms with Gasteiger partial charge in [0.2, 0.25) is 0 Å². The van der Waals surface area contributed by atoms with Gasteiger partial charge in [-0.2, -0.15) is 0 Å². The molecule has 1 unspecified atom stereocenters. The minimum absolute atomic E-state index is 0.0691. The van der Waals surface area contributed by atoms with Gasteiger partial charge in [-0.15, -0.1) is 0 Å². The predicted molar refractivity (Wildman–Crippen MR) is 104 cm³/mol. The molecule has 1 atom stereocenters. The normalized spacial score (nSPS) is 12.6. The second-order valence-corrected chi connectivity index (χ2v) is 6.81. The maximum Gasteiger partial charge on any atom is 0.305 e. The maximum absolute atomic E-state index is 11.3. The number of carbonyl (C=O) groups is 1. The van der Waals surface area contributed by atoms with Crippen LogP contribution in [0.1, 0.15) is 96.8 Å². The average Bonchev–Trinajstić information content (AvgIpc) is 2.60. The molecule has 4 heteroatoms. The van der Waals surface area contributed by atoms with Crippen molar-refractivity contribution in [3.63, 3.8) is 0 Å². The molecule has 0 saturated carbocycles. The molecule has 0 bridgehead atoms. The van der Waals surface area contributed by atoms with Gasteiger partial charge in [-0.25, -0.2) is 0 Å². The van der Waals surface area contributed by atoms with Crippen molar-refractivity contribution < 1.29 is 19.7 Å². The SMILES string of the molecule is CCCCCCC(O)C/C=C/CCCCCCCC(=O)OCCCO. The van der Waals surface area contributed by atoms with Crippen LogP contribution in [0.5, 0.6) is 0 Å². The summed E-state index contributed by atoms with van der Waals surface area (Å²) in [4.78, 5) is 11.3. The Morgan fingerprint density at radius 1 is 0.960 bits per heavy atom. The maximum atomic E-state index is 11.3. The first-order valence-corrected chi connectivity index (χ1v) is 10.3. The zero-order valence-corrected chi connectivity index (χ0v) is 16.3. The summed E-state index contributed by atoms with van der Waals surface area (Å²) in [6, 6.07) is 0. The van der Waals surface area contributed by atoms with E-state index >= 15 is 0 Å². The van der Waals surface area contributed by atoms with Crippen molar-refractivity contribution in [1.82, 2.24) is 0 Å². The number of unbranched alkanes of at least 4 members (excludes halogenated alkanes) is 8. The highest BCUT2D eigenvalue weighted by atomic mass is 16.5. The van der Waals surface area contributed by atoms with E-state index in [0.29, 0.717) is 19.4 Å². The van der Waals surface area contributed by atoms with E-state index in [1.807, 2.05) is 0 Å². The third-order valence-corrected chi connectivity index (χ3v) is 4.28. The lowest BCUT2D eigenvalue weighted by atomic mass is 10.1. The first kappa shape index (κ1) is 24.1. The number of aliphatic hydroxyl groups excluding tert-OH is 2. The van der Waals surface area contributed by atoms with Crippen molar-refractivity contribution in [1.29, 1.82) is 0 Å². The number of allylic oxidation sites excluding steroid dienone is 1. The van der Waals surface area contributed by atoms with E-state index in [9.17, 15) is 9.90 Å². The number of esters is 1. The molecule has 0 heterocycles. The molecule has 0 amide bonds. The van der Waals surface area contributed by atoms with Crippen molar-refractivity contribution in [3.8, 4) is 0 Å². The van der Waals surface area contributed by atoms with Crippen LogP contribution in [0.4, 0.5) is 0 Å². The van der Waals surface area contributed by atoms with Gasteiger partial charge in [-0.1, -0.05) is 64.0 Å². The third kappa shape index (κ3) is 19.3. The van der Waals surface area contributed by atoms with Gasteiger partial charge < -0.3 is 14.9 Å². The lowest BCUT2D eigenvalue weighted by Gasteiger charge is -2.07. The Bertz CT molecular complexity index is 315. The minimum atomic E-state index is -0.176. The molecule has 0 aliphatic carbocycles. The van der Waals surface area contributed by atoms with Gasteiger partial charge in [0, 0.05) is 19.4 Å². The zero-order valence-electron chi connectivity index (χ0n) is 16.3. The third-order valence-electron chi connectivity index (χ3n) is 4.28. The van der Waals surface area contributed by atoms with Crippen LogP contribution in [0.15, 0.2) is 12.2 Å². The van der Waals surface area contributed by atoms with Crippen LogP contribution >= 0.6 is 0 Å².